The van der Waals surface area contributed by atoms with Gasteiger partial charge in [-0.25, -0.2) is 9.78 Å². The van der Waals surface area contributed by atoms with Gasteiger partial charge in [0.25, 0.3) is 0 Å². The summed E-state index contributed by atoms with van der Waals surface area (Å²) in [6.45, 7) is 6.15. The minimum Gasteiger partial charge on any atom is -0.362 e. The third kappa shape index (κ3) is 5.57. The molecule has 0 unspecified atom stereocenters. The Morgan fingerprint density at radius 2 is 1.58 bits per heavy atom. The van der Waals surface area contributed by atoms with E-state index in [2.05, 4.69) is 54.0 Å². The monoisotopic (exact) mass is 450 g/mol. The Hall–Kier alpha value is -2.83. The van der Waals surface area contributed by atoms with Crippen molar-refractivity contribution in [2.45, 2.75) is 84.2 Å². The van der Waals surface area contributed by atoms with Crippen molar-refractivity contribution in [3.05, 3.63) is 40.1 Å². The lowest BCUT2D eigenvalue weighted by Gasteiger charge is -2.30. The predicted molar refractivity (Wildman–Crippen MR) is 135 cm³/mol. The fourth-order valence-corrected chi connectivity index (χ4v) is 5.29. The molecular weight excluding hydrogens is 412 g/mol. The normalized spacial score (nSPS) is 20.0. The molecule has 2 aliphatic carbocycles. The molecule has 1 fully saturated rings. The average molecular weight is 451 g/mol. The highest BCUT2D eigenvalue weighted by atomic mass is 16.2. The van der Waals surface area contributed by atoms with Gasteiger partial charge < -0.3 is 20.9 Å². The minimum atomic E-state index is -0.116. The lowest BCUT2D eigenvalue weighted by atomic mass is 9.91. The van der Waals surface area contributed by atoms with Crippen LogP contribution in [-0.2, 0) is 12.8 Å². The number of aryl methyl sites for hydroxylation is 4. The van der Waals surface area contributed by atoms with Crippen LogP contribution in [0.2, 0.25) is 0 Å². The van der Waals surface area contributed by atoms with Gasteiger partial charge in [0.15, 0.2) is 0 Å². The number of hydrogen-bond donors (Lipinski definition) is 3. The van der Waals surface area contributed by atoms with Crippen molar-refractivity contribution in [1.82, 2.24) is 15.3 Å². The van der Waals surface area contributed by atoms with Gasteiger partial charge in [-0.05, 0) is 83.3 Å². The number of aromatic nitrogens is 2. The van der Waals surface area contributed by atoms with Crippen LogP contribution < -0.4 is 20.9 Å². The lowest BCUT2D eigenvalue weighted by Crippen LogP contribution is -2.42. The molecule has 0 saturated heterocycles. The van der Waals surface area contributed by atoms with Crippen LogP contribution in [0.15, 0.2) is 12.1 Å². The van der Waals surface area contributed by atoms with Crippen molar-refractivity contribution >= 4 is 23.5 Å². The Labute approximate surface area is 197 Å². The summed E-state index contributed by atoms with van der Waals surface area (Å²) in [6.07, 6.45) is 8.42. The SMILES string of the molecule is Cc1cc(C)c(NC(=O)NC2CCC(Nc3nc4c(c(N(C)C)n3)CCCC4)CC2)c(C)c1. The summed E-state index contributed by atoms with van der Waals surface area (Å²) in [5, 5.41) is 9.81. The van der Waals surface area contributed by atoms with Crippen LogP contribution in [0.5, 0.6) is 0 Å². The van der Waals surface area contributed by atoms with E-state index in [1.165, 1.54) is 29.7 Å². The van der Waals surface area contributed by atoms with Crippen molar-refractivity contribution < 1.29 is 4.79 Å². The van der Waals surface area contributed by atoms with Crippen molar-refractivity contribution in [3.63, 3.8) is 0 Å². The molecule has 0 bridgehead atoms. The maximum atomic E-state index is 12.6. The first kappa shape index (κ1) is 23.3. The molecule has 0 spiro atoms. The molecule has 7 nitrogen and oxygen atoms in total. The number of rotatable bonds is 5. The van der Waals surface area contributed by atoms with E-state index in [9.17, 15) is 4.79 Å². The molecule has 2 aromatic rings. The van der Waals surface area contributed by atoms with Gasteiger partial charge in [-0.3, -0.25) is 0 Å². The first-order valence-electron chi connectivity index (χ1n) is 12.3. The van der Waals surface area contributed by atoms with E-state index in [4.69, 9.17) is 9.97 Å². The molecule has 1 saturated carbocycles. The molecule has 1 heterocycles. The first-order valence-corrected chi connectivity index (χ1v) is 12.3. The summed E-state index contributed by atoms with van der Waals surface area (Å²) in [5.41, 5.74) is 6.83. The molecule has 0 aliphatic heterocycles. The van der Waals surface area contributed by atoms with Gasteiger partial charge in [0, 0.05) is 37.4 Å². The largest absolute Gasteiger partial charge is 0.362 e. The van der Waals surface area contributed by atoms with E-state index in [1.54, 1.807) is 0 Å². The topological polar surface area (TPSA) is 82.2 Å². The second-order valence-electron chi connectivity index (χ2n) is 9.96. The maximum Gasteiger partial charge on any atom is 0.319 e. The Morgan fingerprint density at radius 3 is 2.24 bits per heavy atom. The highest BCUT2D eigenvalue weighted by molar-refractivity contribution is 5.91. The predicted octanol–water partition coefficient (Wildman–Crippen LogP) is 4.89. The Morgan fingerprint density at radius 1 is 0.939 bits per heavy atom. The molecule has 178 valence electrons. The van der Waals surface area contributed by atoms with E-state index in [-0.39, 0.29) is 12.1 Å². The number of anilines is 3. The van der Waals surface area contributed by atoms with Crippen LogP contribution in [0, 0.1) is 20.8 Å². The summed E-state index contributed by atoms with van der Waals surface area (Å²) in [4.78, 5) is 24.4. The Kier molecular flexibility index (Phi) is 7.05. The number of benzene rings is 1. The van der Waals surface area contributed by atoms with Crippen molar-refractivity contribution in [2.24, 2.45) is 0 Å². The highest BCUT2D eigenvalue weighted by Gasteiger charge is 2.25. The molecule has 0 atom stereocenters. The zero-order valence-corrected chi connectivity index (χ0v) is 20.7. The maximum absolute atomic E-state index is 12.6. The second-order valence-corrected chi connectivity index (χ2v) is 9.96. The third-order valence-corrected chi connectivity index (χ3v) is 6.90. The summed E-state index contributed by atoms with van der Waals surface area (Å²) >= 11 is 0. The van der Waals surface area contributed by atoms with Crippen LogP contribution in [0.3, 0.4) is 0 Å². The van der Waals surface area contributed by atoms with Crippen LogP contribution in [0.1, 0.15) is 66.5 Å². The van der Waals surface area contributed by atoms with E-state index >= 15 is 0 Å². The molecule has 3 N–H and O–H groups in total. The van der Waals surface area contributed by atoms with Gasteiger partial charge in [0.2, 0.25) is 5.95 Å². The summed E-state index contributed by atoms with van der Waals surface area (Å²) in [5.74, 6) is 1.80. The molecule has 7 heteroatoms. The summed E-state index contributed by atoms with van der Waals surface area (Å²) in [7, 11) is 4.12. The number of nitrogens with one attached hydrogen (secondary N) is 3. The minimum absolute atomic E-state index is 0.116. The summed E-state index contributed by atoms with van der Waals surface area (Å²) in [6, 6.07) is 4.61. The Bertz CT molecular complexity index is 987. The fourth-order valence-electron chi connectivity index (χ4n) is 5.29. The average Bonchev–Trinajstić information content (AvgIpc) is 2.77. The smallest absolute Gasteiger partial charge is 0.319 e. The number of carbonyl (C=O) groups is 1. The number of urea groups is 1. The molecule has 4 rings (SSSR count). The lowest BCUT2D eigenvalue weighted by molar-refractivity contribution is 0.243. The summed E-state index contributed by atoms with van der Waals surface area (Å²) < 4.78 is 0. The second kappa shape index (κ2) is 9.98. The van der Waals surface area contributed by atoms with E-state index in [1.807, 2.05) is 13.8 Å². The van der Waals surface area contributed by atoms with E-state index in [0.717, 1.165) is 67.1 Å². The van der Waals surface area contributed by atoms with E-state index in [0.29, 0.717) is 6.04 Å². The quantitative estimate of drug-likeness (QED) is 0.604. The van der Waals surface area contributed by atoms with Crippen LogP contribution in [0.4, 0.5) is 22.2 Å². The van der Waals surface area contributed by atoms with Gasteiger partial charge in [-0.1, -0.05) is 17.7 Å². The van der Waals surface area contributed by atoms with Gasteiger partial charge in [0.05, 0.1) is 5.69 Å². The van der Waals surface area contributed by atoms with Gasteiger partial charge >= 0.3 is 6.03 Å². The molecule has 0 radical (unpaired) electrons. The number of carbonyl (C=O) groups excluding carboxylic acids is 1. The zero-order chi connectivity index (χ0) is 23.5. The van der Waals surface area contributed by atoms with Crippen LogP contribution in [0.25, 0.3) is 0 Å². The Balaban J connectivity index is 1.31. The molecule has 1 aromatic carbocycles. The number of hydrogen-bond acceptors (Lipinski definition) is 5. The molecule has 2 aliphatic rings. The number of amides is 2. The molecule has 33 heavy (non-hydrogen) atoms. The number of fused-ring (bicyclic) bond motifs is 1. The molecular formula is C26H38N6O. The first-order chi connectivity index (χ1) is 15.8. The molecule has 1 aromatic heterocycles. The fraction of sp³-hybridized carbons (Fsp3) is 0.577. The highest BCUT2D eigenvalue weighted by Crippen LogP contribution is 2.29. The zero-order valence-electron chi connectivity index (χ0n) is 20.7. The van der Waals surface area contributed by atoms with E-state index < -0.39 is 0 Å². The van der Waals surface area contributed by atoms with Crippen LogP contribution in [-0.4, -0.2) is 42.2 Å². The van der Waals surface area contributed by atoms with Crippen molar-refractivity contribution in [2.75, 3.05) is 29.6 Å². The van der Waals surface area contributed by atoms with Gasteiger partial charge in [-0.15, -0.1) is 0 Å². The van der Waals surface area contributed by atoms with Gasteiger partial charge in [-0.2, -0.15) is 4.98 Å². The third-order valence-electron chi connectivity index (χ3n) is 6.90. The van der Waals surface area contributed by atoms with Crippen molar-refractivity contribution in [3.8, 4) is 0 Å². The number of nitrogens with zero attached hydrogens (tertiary/aromatic N) is 3. The van der Waals surface area contributed by atoms with Gasteiger partial charge in [0.1, 0.15) is 5.82 Å². The van der Waals surface area contributed by atoms with Crippen LogP contribution >= 0.6 is 0 Å². The molecule has 2 amide bonds. The standard InChI is InChI=1S/C26H38N6O/c1-16-14-17(2)23(18(3)15-16)30-26(33)28-20-12-10-19(11-13-20)27-25-29-22-9-7-6-8-21(22)24(31-25)32(4)5/h14-15,19-20H,6-13H2,1-5H3,(H,27,29,31)(H2,28,30,33). The van der Waals surface area contributed by atoms with Crippen molar-refractivity contribution in [1.29, 1.82) is 0 Å².